The van der Waals surface area contributed by atoms with Crippen LogP contribution in [0.25, 0.3) is 0 Å². The zero-order chi connectivity index (χ0) is 11.0. The number of hydrogen-bond acceptors (Lipinski definition) is 3. The molecule has 2 rings (SSSR count). The molecule has 2 aromatic heterocycles. The standard InChI is InChI=1S/C12H14O2S/c1-7-4-9(3)15-12(7)11(13)10-5-8(2)14-6-10/h4-6,11,13H,1-3H3. The Morgan fingerprint density at radius 3 is 2.47 bits per heavy atom. The second-order valence-electron chi connectivity index (χ2n) is 3.80. The number of hydrogen-bond donors (Lipinski definition) is 1. The highest BCUT2D eigenvalue weighted by atomic mass is 32.1. The summed E-state index contributed by atoms with van der Waals surface area (Å²) >= 11 is 1.63. The smallest absolute Gasteiger partial charge is 0.117 e. The maximum absolute atomic E-state index is 10.1. The van der Waals surface area contributed by atoms with Crippen molar-refractivity contribution < 1.29 is 9.52 Å². The molecule has 0 spiro atoms. The lowest BCUT2D eigenvalue weighted by molar-refractivity contribution is 0.222. The zero-order valence-electron chi connectivity index (χ0n) is 9.07. The first-order valence-corrected chi connectivity index (χ1v) is 5.69. The predicted molar refractivity (Wildman–Crippen MR) is 61.3 cm³/mol. The Balaban J connectivity index is 2.35. The molecule has 0 radical (unpaired) electrons. The summed E-state index contributed by atoms with van der Waals surface area (Å²) in [6, 6.07) is 3.97. The average Bonchev–Trinajstić information content (AvgIpc) is 2.71. The molecule has 15 heavy (non-hydrogen) atoms. The maximum Gasteiger partial charge on any atom is 0.117 e. The van der Waals surface area contributed by atoms with Crippen molar-refractivity contribution in [2.24, 2.45) is 0 Å². The molecule has 2 heterocycles. The van der Waals surface area contributed by atoms with Crippen molar-refractivity contribution in [2.45, 2.75) is 26.9 Å². The summed E-state index contributed by atoms with van der Waals surface area (Å²) in [5.41, 5.74) is 1.97. The van der Waals surface area contributed by atoms with Crippen LogP contribution in [-0.4, -0.2) is 5.11 Å². The fraction of sp³-hybridized carbons (Fsp3) is 0.333. The van der Waals surface area contributed by atoms with E-state index in [1.807, 2.05) is 19.9 Å². The van der Waals surface area contributed by atoms with E-state index in [2.05, 4.69) is 13.0 Å². The van der Waals surface area contributed by atoms with E-state index in [1.165, 1.54) is 4.88 Å². The fourth-order valence-electron chi connectivity index (χ4n) is 1.69. The lowest BCUT2D eigenvalue weighted by Gasteiger charge is -2.06. The summed E-state index contributed by atoms with van der Waals surface area (Å²) in [5.74, 6) is 0.829. The van der Waals surface area contributed by atoms with Crippen molar-refractivity contribution in [2.75, 3.05) is 0 Å². The minimum Gasteiger partial charge on any atom is -0.469 e. The molecular formula is C12H14O2S. The Bertz CT molecular complexity index is 468. The van der Waals surface area contributed by atoms with E-state index in [0.717, 1.165) is 21.8 Å². The van der Waals surface area contributed by atoms with Crippen molar-refractivity contribution in [3.05, 3.63) is 45.0 Å². The summed E-state index contributed by atoms with van der Waals surface area (Å²) < 4.78 is 5.20. The zero-order valence-corrected chi connectivity index (χ0v) is 9.89. The first kappa shape index (κ1) is 10.5. The van der Waals surface area contributed by atoms with Crippen LogP contribution in [0.3, 0.4) is 0 Å². The minimum absolute atomic E-state index is 0.554. The van der Waals surface area contributed by atoms with Gasteiger partial charge in [-0.1, -0.05) is 0 Å². The fourth-order valence-corrected chi connectivity index (χ4v) is 2.74. The van der Waals surface area contributed by atoms with Crippen LogP contribution in [0.15, 0.2) is 22.8 Å². The van der Waals surface area contributed by atoms with Gasteiger partial charge in [0, 0.05) is 15.3 Å². The Labute approximate surface area is 93.2 Å². The van der Waals surface area contributed by atoms with E-state index < -0.39 is 6.10 Å². The second kappa shape index (κ2) is 3.83. The van der Waals surface area contributed by atoms with E-state index in [0.29, 0.717) is 0 Å². The van der Waals surface area contributed by atoms with E-state index in [-0.39, 0.29) is 0 Å². The van der Waals surface area contributed by atoms with E-state index in [4.69, 9.17) is 4.42 Å². The van der Waals surface area contributed by atoms with E-state index in [1.54, 1.807) is 17.6 Å². The largest absolute Gasteiger partial charge is 0.469 e. The Kier molecular flexibility index (Phi) is 2.67. The summed E-state index contributed by atoms with van der Waals surface area (Å²) in [4.78, 5) is 2.23. The third-order valence-corrected chi connectivity index (χ3v) is 3.60. The highest BCUT2D eigenvalue weighted by Gasteiger charge is 2.17. The van der Waals surface area contributed by atoms with Crippen molar-refractivity contribution in [3.63, 3.8) is 0 Å². The number of thiophene rings is 1. The van der Waals surface area contributed by atoms with Crippen molar-refractivity contribution in [3.8, 4) is 0 Å². The van der Waals surface area contributed by atoms with Crippen LogP contribution in [0.4, 0.5) is 0 Å². The molecule has 0 bridgehead atoms. The molecule has 80 valence electrons. The van der Waals surface area contributed by atoms with Gasteiger partial charge in [-0.15, -0.1) is 11.3 Å². The molecule has 0 saturated heterocycles. The number of aryl methyl sites for hydroxylation is 3. The molecule has 0 saturated carbocycles. The SMILES string of the molecule is Cc1cc(C(O)c2sc(C)cc2C)co1. The van der Waals surface area contributed by atoms with Gasteiger partial charge in [0.2, 0.25) is 0 Å². The molecule has 0 amide bonds. The average molecular weight is 222 g/mol. The van der Waals surface area contributed by atoms with Crippen molar-refractivity contribution in [1.82, 2.24) is 0 Å². The van der Waals surface area contributed by atoms with Gasteiger partial charge in [0.25, 0.3) is 0 Å². The summed E-state index contributed by atoms with van der Waals surface area (Å²) in [6.07, 6.45) is 1.07. The molecule has 0 aromatic carbocycles. The van der Waals surface area contributed by atoms with Crippen LogP contribution in [0, 0.1) is 20.8 Å². The van der Waals surface area contributed by atoms with Crippen LogP contribution in [0.2, 0.25) is 0 Å². The molecular weight excluding hydrogens is 208 g/mol. The Hall–Kier alpha value is -1.06. The van der Waals surface area contributed by atoms with Gasteiger partial charge in [-0.05, 0) is 38.5 Å². The number of furan rings is 1. The monoisotopic (exact) mass is 222 g/mol. The summed E-state index contributed by atoms with van der Waals surface area (Å²) in [6.45, 7) is 5.95. The lowest BCUT2D eigenvalue weighted by Crippen LogP contribution is -1.96. The first-order valence-electron chi connectivity index (χ1n) is 4.88. The van der Waals surface area contributed by atoms with Gasteiger partial charge in [-0.3, -0.25) is 0 Å². The van der Waals surface area contributed by atoms with Crippen LogP contribution in [-0.2, 0) is 0 Å². The van der Waals surface area contributed by atoms with Crippen LogP contribution >= 0.6 is 11.3 Å². The van der Waals surface area contributed by atoms with Gasteiger partial charge in [0.1, 0.15) is 11.9 Å². The second-order valence-corrected chi connectivity index (χ2v) is 5.09. The molecule has 1 unspecified atom stereocenters. The normalized spacial score (nSPS) is 13.1. The Morgan fingerprint density at radius 1 is 1.27 bits per heavy atom. The lowest BCUT2D eigenvalue weighted by atomic mass is 10.1. The van der Waals surface area contributed by atoms with Gasteiger partial charge >= 0.3 is 0 Å². The molecule has 0 aliphatic heterocycles. The van der Waals surface area contributed by atoms with E-state index >= 15 is 0 Å². The topological polar surface area (TPSA) is 33.4 Å². The molecule has 0 aliphatic carbocycles. The minimum atomic E-state index is -0.554. The Morgan fingerprint density at radius 2 is 2.00 bits per heavy atom. The maximum atomic E-state index is 10.1. The van der Waals surface area contributed by atoms with Crippen LogP contribution in [0.5, 0.6) is 0 Å². The molecule has 3 heteroatoms. The van der Waals surface area contributed by atoms with Crippen LogP contribution < -0.4 is 0 Å². The van der Waals surface area contributed by atoms with Crippen molar-refractivity contribution in [1.29, 1.82) is 0 Å². The van der Waals surface area contributed by atoms with Gasteiger partial charge in [0.15, 0.2) is 0 Å². The molecule has 2 nitrogen and oxygen atoms in total. The number of rotatable bonds is 2. The first-order chi connectivity index (χ1) is 7.08. The quantitative estimate of drug-likeness (QED) is 0.845. The van der Waals surface area contributed by atoms with Gasteiger partial charge in [-0.25, -0.2) is 0 Å². The summed E-state index contributed by atoms with van der Waals surface area (Å²) in [5, 5.41) is 10.1. The summed E-state index contributed by atoms with van der Waals surface area (Å²) in [7, 11) is 0. The molecule has 1 atom stereocenters. The number of aliphatic hydroxyl groups is 1. The highest BCUT2D eigenvalue weighted by Crippen LogP contribution is 2.32. The van der Waals surface area contributed by atoms with Gasteiger partial charge in [-0.2, -0.15) is 0 Å². The van der Waals surface area contributed by atoms with Crippen molar-refractivity contribution >= 4 is 11.3 Å². The molecule has 0 fully saturated rings. The highest BCUT2D eigenvalue weighted by molar-refractivity contribution is 7.12. The molecule has 2 aromatic rings. The predicted octanol–water partition coefficient (Wildman–Crippen LogP) is 3.35. The third-order valence-electron chi connectivity index (χ3n) is 2.39. The molecule has 0 aliphatic rings. The molecule has 1 N–H and O–H groups in total. The van der Waals surface area contributed by atoms with Crippen LogP contribution in [0.1, 0.15) is 32.7 Å². The number of aliphatic hydroxyl groups excluding tert-OH is 1. The third kappa shape index (κ3) is 1.98. The van der Waals surface area contributed by atoms with E-state index in [9.17, 15) is 5.11 Å². The van der Waals surface area contributed by atoms with Gasteiger partial charge in [0.05, 0.1) is 6.26 Å². The van der Waals surface area contributed by atoms with Gasteiger partial charge < -0.3 is 9.52 Å².